The van der Waals surface area contributed by atoms with E-state index in [0.717, 1.165) is 17.3 Å². The van der Waals surface area contributed by atoms with Gasteiger partial charge in [0.15, 0.2) is 0 Å². The van der Waals surface area contributed by atoms with E-state index in [4.69, 9.17) is 4.42 Å². The zero-order valence-electron chi connectivity index (χ0n) is 6.99. The molecule has 66 valence electrons. The minimum Gasteiger partial charge on any atom is -0.468 e. The molecule has 0 saturated heterocycles. The molecule has 1 heterocycles. The normalized spacial score (nSPS) is 11.2. The standard InChI is InChI=1S/C9H12OS2/c1-8-9(4-5-10-8)12-7-3-2-6-11/h2-5,11H,6-7H2,1H3/b3-2+. The lowest BCUT2D eigenvalue weighted by Crippen LogP contribution is -1.73. The average molecular weight is 200 g/mol. The van der Waals surface area contributed by atoms with Crippen molar-refractivity contribution < 1.29 is 4.42 Å². The molecule has 0 unspecified atom stereocenters. The lowest BCUT2D eigenvalue weighted by Gasteiger charge is -1.93. The van der Waals surface area contributed by atoms with Gasteiger partial charge < -0.3 is 4.42 Å². The predicted octanol–water partition coefficient (Wildman–Crippen LogP) is 3.17. The molecule has 0 bridgehead atoms. The molecule has 0 fully saturated rings. The first kappa shape index (κ1) is 9.81. The molecule has 0 spiro atoms. The molecule has 0 aliphatic carbocycles. The maximum atomic E-state index is 5.16. The van der Waals surface area contributed by atoms with Gasteiger partial charge in [0.05, 0.1) is 6.26 Å². The molecule has 12 heavy (non-hydrogen) atoms. The van der Waals surface area contributed by atoms with Crippen LogP contribution in [0.25, 0.3) is 0 Å². The quantitative estimate of drug-likeness (QED) is 0.455. The summed E-state index contributed by atoms with van der Waals surface area (Å²) < 4.78 is 5.16. The van der Waals surface area contributed by atoms with Crippen molar-refractivity contribution in [2.24, 2.45) is 0 Å². The van der Waals surface area contributed by atoms with Gasteiger partial charge >= 0.3 is 0 Å². The van der Waals surface area contributed by atoms with E-state index in [1.165, 1.54) is 4.90 Å². The Balaban J connectivity index is 2.33. The van der Waals surface area contributed by atoms with Gasteiger partial charge in [0.25, 0.3) is 0 Å². The molecule has 1 aromatic rings. The van der Waals surface area contributed by atoms with Crippen LogP contribution in [0, 0.1) is 6.92 Å². The topological polar surface area (TPSA) is 13.1 Å². The second kappa shape index (κ2) is 5.38. The molecule has 1 nitrogen and oxygen atoms in total. The largest absolute Gasteiger partial charge is 0.468 e. The van der Waals surface area contributed by atoms with Gasteiger partial charge in [-0.05, 0) is 13.0 Å². The van der Waals surface area contributed by atoms with Gasteiger partial charge in [-0.25, -0.2) is 0 Å². The number of furan rings is 1. The Hall–Kier alpha value is -0.280. The second-order valence-electron chi connectivity index (χ2n) is 2.31. The number of hydrogen-bond acceptors (Lipinski definition) is 3. The molecule has 0 N–H and O–H groups in total. The van der Waals surface area contributed by atoms with E-state index in [9.17, 15) is 0 Å². The number of aryl methyl sites for hydroxylation is 1. The molecule has 0 radical (unpaired) electrons. The fourth-order valence-electron chi connectivity index (χ4n) is 0.804. The Kier molecular flexibility index (Phi) is 4.40. The molecule has 0 amide bonds. The van der Waals surface area contributed by atoms with Crippen LogP contribution in [-0.2, 0) is 0 Å². The van der Waals surface area contributed by atoms with E-state index in [2.05, 4.69) is 18.7 Å². The minimum atomic E-state index is 0.810. The fourth-order valence-corrected chi connectivity index (χ4v) is 1.77. The zero-order valence-corrected chi connectivity index (χ0v) is 8.70. The monoisotopic (exact) mass is 200 g/mol. The molecule has 0 atom stereocenters. The van der Waals surface area contributed by atoms with Crippen molar-refractivity contribution in [3.8, 4) is 0 Å². The second-order valence-corrected chi connectivity index (χ2v) is 3.73. The molecular weight excluding hydrogens is 188 g/mol. The van der Waals surface area contributed by atoms with E-state index < -0.39 is 0 Å². The van der Waals surface area contributed by atoms with Crippen LogP contribution in [0.2, 0.25) is 0 Å². The number of hydrogen-bond donors (Lipinski definition) is 1. The van der Waals surface area contributed by atoms with Crippen molar-refractivity contribution >= 4 is 24.4 Å². The molecule has 0 aliphatic rings. The highest BCUT2D eigenvalue weighted by Crippen LogP contribution is 2.22. The first-order valence-electron chi connectivity index (χ1n) is 3.77. The van der Waals surface area contributed by atoms with E-state index in [1.54, 1.807) is 18.0 Å². The summed E-state index contributed by atoms with van der Waals surface area (Å²) in [5.41, 5.74) is 0. The Morgan fingerprint density at radius 1 is 1.58 bits per heavy atom. The summed E-state index contributed by atoms with van der Waals surface area (Å²) in [4.78, 5) is 1.22. The van der Waals surface area contributed by atoms with Crippen LogP contribution in [0.4, 0.5) is 0 Å². The first-order valence-corrected chi connectivity index (χ1v) is 5.39. The third kappa shape index (κ3) is 2.99. The Morgan fingerprint density at radius 2 is 2.42 bits per heavy atom. The van der Waals surface area contributed by atoms with E-state index >= 15 is 0 Å². The van der Waals surface area contributed by atoms with Crippen molar-refractivity contribution in [1.82, 2.24) is 0 Å². The summed E-state index contributed by atoms with van der Waals surface area (Å²) in [6.45, 7) is 1.98. The van der Waals surface area contributed by atoms with Crippen molar-refractivity contribution in [1.29, 1.82) is 0 Å². The van der Waals surface area contributed by atoms with Gasteiger partial charge in [0.2, 0.25) is 0 Å². The molecule has 1 aromatic heterocycles. The van der Waals surface area contributed by atoms with E-state index in [1.807, 2.05) is 19.1 Å². The van der Waals surface area contributed by atoms with E-state index in [-0.39, 0.29) is 0 Å². The van der Waals surface area contributed by atoms with Crippen molar-refractivity contribution in [2.75, 3.05) is 11.5 Å². The van der Waals surface area contributed by atoms with Gasteiger partial charge in [0, 0.05) is 16.4 Å². The highest BCUT2D eigenvalue weighted by molar-refractivity contribution is 7.99. The van der Waals surface area contributed by atoms with Crippen molar-refractivity contribution in [3.63, 3.8) is 0 Å². The van der Waals surface area contributed by atoms with Gasteiger partial charge in [-0.2, -0.15) is 12.6 Å². The highest BCUT2D eigenvalue weighted by atomic mass is 32.2. The first-order chi connectivity index (χ1) is 5.84. The van der Waals surface area contributed by atoms with Gasteiger partial charge in [-0.1, -0.05) is 12.2 Å². The maximum absolute atomic E-state index is 5.16. The molecular formula is C9H12OS2. The number of thiol groups is 1. The SMILES string of the molecule is Cc1occc1SC/C=C/CS. The highest BCUT2D eigenvalue weighted by Gasteiger charge is 1.98. The van der Waals surface area contributed by atoms with Crippen LogP contribution in [-0.4, -0.2) is 11.5 Å². The van der Waals surface area contributed by atoms with Crippen LogP contribution < -0.4 is 0 Å². The maximum Gasteiger partial charge on any atom is 0.114 e. The predicted molar refractivity (Wildman–Crippen MR) is 57.2 cm³/mol. The van der Waals surface area contributed by atoms with Crippen LogP contribution in [0.5, 0.6) is 0 Å². The Morgan fingerprint density at radius 3 is 3.00 bits per heavy atom. The smallest absolute Gasteiger partial charge is 0.114 e. The fraction of sp³-hybridized carbons (Fsp3) is 0.333. The number of rotatable bonds is 4. The van der Waals surface area contributed by atoms with Crippen molar-refractivity contribution in [2.45, 2.75) is 11.8 Å². The van der Waals surface area contributed by atoms with Crippen LogP contribution in [0.1, 0.15) is 5.76 Å². The van der Waals surface area contributed by atoms with E-state index in [0.29, 0.717) is 0 Å². The lowest BCUT2D eigenvalue weighted by atomic mass is 10.5. The molecule has 1 rings (SSSR count). The third-order valence-corrected chi connectivity index (χ3v) is 2.72. The summed E-state index contributed by atoms with van der Waals surface area (Å²) in [7, 11) is 0. The Bertz CT molecular complexity index is 253. The minimum absolute atomic E-state index is 0.810. The van der Waals surface area contributed by atoms with Crippen molar-refractivity contribution in [3.05, 3.63) is 30.2 Å². The van der Waals surface area contributed by atoms with Crippen LogP contribution >= 0.6 is 24.4 Å². The van der Waals surface area contributed by atoms with Gasteiger partial charge in [-0.3, -0.25) is 0 Å². The number of thioether (sulfide) groups is 1. The lowest BCUT2D eigenvalue weighted by molar-refractivity contribution is 0.527. The molecule has 0 saturated carbocycles. The summed E-state index contributed by atoms with van der Waals surface area (Å²) in [5.74, 6) is 2.80. The van der Waals surface area contributed by atoms with Gasteiger partial charge in [0.1, 0.15) is 5.76 Å². The summed E-state index contributed by atoms with van der Waals surface area (Å²) >= 11 is 5.85. The zero-order chi connectivity index (χ0) is 8.81. The van der Waals surface area contributed by atoms with Crippen LogP contribution in [0.3, 0.4) is 0 Å². The molecule has 0 aliphatic heterocycles. The average Bonchev–Trinajstić information content (AvgIpc) is 2.46. The summed E-state index contributed by atoms with van der Waals surface area (Å²) in [6, 6.07) is 1.99. The Labute approximate surface area is 82.6 Å². The van der Waals surface area contributed by atoms with Gasteiger partial charge in [-0.15, -0.1) is 11.8 Å². The molecule has 3 heteroatoms. The molecule has 0 aromatic carbocycles. The van der Waals surface area contributed by atoms with Crippen LogP contribution in [0.15, 0.2) is 33.8 Å². The summed E-state index contributed by atoms with van der Waals surface area (Å²) in [6.07, 6.45) is 5.88. The summed E-state index contributed by atoms with van der Waals surface area (Å²) in [5, 5.41) is 0. The third-order valence-electron chi connectivity index (χ3n) is 1.42.